The van der Waals surface area contributed by atoms with E-state index in [1.165, 1.54) is 0 Å². The van der Waals surface area contributed by atoms with E-state index in [9.17, 15) is 9.59 Å². The Hall–Kier alpha value is -0.900. The lowest BCUT2D eigenvalue weighted by Gasteiger charge is -2.16. The van der Waals surface area contributed by atoms with Crippen LogP contribution in [0.3, 0.4) is 0 Å². The standard InChI is InChI=1S/C12H24N2O2/c1-8(2)14-12(16)10(4)6-5-9(3)11(15)7-13/h8-10H,5-7,13H2,1-4H3,(H,14,16). The minimum atomic E-state index is -0.0459. The third-order valence-electron chi connectivity index (χ3n) is 2.66. The molecule has 0 heterocycles. The second-order valence-electron chi connectivity index (χ2n) is 4.71. The van der Waals surface area contributed by atoms with E-state index in [4.69, 9.17) is 5.73 Å². The summed E-state index contributed by atoms with van der Waals surface area (Å²) in [6.45, 7) is 7.71. The van der Waals surface area contributed by atoms with Crippen molar-refractivity contribution in [2.75, 3.05) is 6.54 Å². The third-order valence-corrected chi connectivity index (χ3v) is 2.66. The number of carbonyl (C=O) groups is 2. The van der Waals surface area contributed by atoms with Gasteiger partial charge in [0.15, 0.2) is 0 Å². The SMILES string of the molecule is CC(C)NC(=O)C(C)CCC(C)C(=O)CN. The average Bonchev–Trinajstić information content (AvgIpc) is 2.23. The van der Waals surface area contributed by atoms with Gasteiger partial charge in [0, 0.05) is 17.9 Å². The summed E-state index contributed by atoms with van der Waals surface area (Å²) in [5.74, 6) is 0.0357. The van der Waals surface area contributed by atoms with Crippen LogP contribution in [0, 0.1) is 11.8 Å². The van der Waals surface area contributed by atoms with Crippen LogP contribution in [0.1, 0.15) is 40.5 Å². The fraction of sp³-hybridized carbons (Fsp3) is 0.833. The second-order valence-corrected chi connectivity index (χ2v) is 4.71. The van der Waals surface area contributed by atoms with Gasteiger partial charge in [-0.3, -0.25) is 9.59 Å². The average molecular weight is 228 g/mol. The molecule has 0 aromatic heterocycles. The maximum Gasteiger partial charge on any atom is 0.223 e. The van der Waals surface area contributed by atoms with Crippen LogP contribution in [0.4, 0.5) is 0 Å². The molecule has 0 aliphatic carbocycles. The van der Waals surface area contributed by atoms with Crippen LogP contribution in [0.15, 0.2) is 0 Å². The van der Waals surface area contributed by atoms with Crippen molar-refractivity contribution < 1.29 is 9.59 Å². The van der Waals surface area contributed by atoms with Gasteiger partial charge < -0.3 is 11.1 Å². The van der Waals surface area contributed by atoms with E-state index in [0.29, 0.717) is 0 Å². The second kappa shape index (κ2) is 7.39. The van der Waals surface area contributed by atoms with Crippen LogP contribution in [0.25, 0.3) is 0 Å². The van der Waals surface area contributed by atoms with Crippen molar-refractivity contribution >= 4 is 11.7 Å². The monoisotopic (exact) mass is 228 g/mol. The summed E-state index contributed by atoms with van der Waals surface area (Å²) in [4.78, 5) is 22.8. The van der Waals surface area contributed by atoms with E-state index in [-0.39, 0.29) is 36.1 Å². The molecular formula is C12H24N2O2. The number of Topliss-reactive ketones (excluding diaryl/α,β-unsaturated/α-hetero) is 1. The maximum atomic E-state index is 11.6. The smallest absolute Gasteiger partial charge is 0.223 e. The van der Waals surface area contributed by atoms with E-state index in [0.717, 1.165) is 12.8 Å². The number of hydrogen-bond acceptors (Lipinski definition) is 3. The van der Waals surface area contributed by atoms with Crippen LogP contribution in [-0.2, 0) is 9.59 Å². The number of hydrogen-bond donors (Lipinski definition) is 2. The van der Waals surface area contributed by atoms with Gasteiger partial charge in [-0.15, -0.1) is 0 Å². The molecule has 0 aromatic carbocycles. The lowest BCUT2D eigenvalue weighted by Crippen LogP contribution is -2.34. The number of amides is 1. The molecule has 2 atom stereocenters. The summed E-state index contributed by atoms with van der Waals surface area (Å²) in [6, 6.07) is 0.165. The highest BCUT2D eigenvalue weighted by atomic mass is 16.2. The van der Waals surface area contributed by atoms with Crippen molar-refractivity contribution in [2.45, 2.75) is 46.6 Å². The molecule has 1 amide bonds. The van der Waals surface area contributed by atoms with Gasteiger partial charge >= 0.3 is 0 Å². The van der Waals surface area contributed by atoms with E-state index < -0.39 is 0 Å². The Morgan fingerprint density at radius 2 is 1.56 bits per heavy atom. The summed E-state index contributed by atoms with van der Waals surface area (Å²) >= 11 is 0. The van der Waals surface area contributed by atoms with Crippen molar-refractivity contribution in [1.29, 1.82) is 0 Å². The third kappa shape index (κ3) is 5.85. The first-order valence-electron chi connectivity index (χ1n) is 5.91. The van der Waals surface area contributed by atoms with Gasteiger partial charge in [-0.2, -0.15) is 0 Å². The van der Waals surface area contributed by atoms with Crippen LogP contribution >= 0.6 is 0 Å². The Kier molecular flexibility index (Phi) is 6.97. The Morgan fingerprint density at radius 3 is 2.00 bits per heavy atom. The van der Waals surface area contributed by atoms with Crippen molar-refractivity contribution in [3.05, 3.63) is 0 Å². The largest absolute Gasteiger partial charge is 0.354 e. The normalized spacial score (nSPS) is 14.6. The predicted octanol–water partition coefficient (Wildman–Crippen LogP) is 1.09. The summed E-state index contributed by atoms with van der Waals surface area (Å²) in [5, 5.41) is 2.86. The van der Waals surface area contributed by atoms with Gasteiger partial charge in [0.05, 0.1) is 6.54 Å². The molecule has 16 heavy (non-hydrogen) atoms. The molecule has 0 spiro atoms. The molecule has 0 bridgehead atoms. The predicted molar refractivity (Wildman–Crippen MR) is 64.9 cm³/mol. The van der Waals surface area contributed by atoms with Crippen molar-refractivity contribution in [3.63, 3.8) is 0 Å². The summed E-state index contributed by atoms with van der Waals surface area (Å²) < 4.78 is 0. The van der Waals surface area contributed by atoms with Gasteiger partial charge in [-0.05, 0) is 26.7 Å². The molecule has 0 saturated heterocycles. The zero-order valence-electron chi connectivity index (χ0n) is 10.7. The first kappa shape index (κ1) is 15.1. The van der Waals surface area contributed by atoms with E-state index in [1.54, 1.807) is 0 Å². The molecule has 2 unspecified atom stereocenters. The number of carbonyl (C=O) groups excluding carboxylic acids is 2. The molecular weight excluding hydrogens is 204 g/mol. The molecule has 4 heteroatoms. The zero-order chi connectivity index (χ0) is 12.7. The highest BCUT2D eigenvalue weighted by molar-refractivity contribution is 5.82. The first-order valence-corrected chi connectivity index (χ1v) is 5.91. The highest BCUT2D eigenvalue weighted by Gasteiger charge is 2.17. The topological polar surface area (TPSA) is 72.2 Å². The minimum absolute atomic E-state index is 0.0423. The lowest BCUT2D eigenvalue weighted by atomic mass is 9.94. The van der Waals surface area contributed by atoms with Gasteiger partial charge in [0.25, 0.3) is 0 Å². The molecule has 0 rings (SSSR count). The van der Waals surface area contributed by atoms with Gasteiger partial charge in [-0.25, -0.2) is 0 Å². The Balaban J connectivity index is 3.92. The van der Waals surface area contributed by atoms with Gasteiger partial charge in [0.1, 0.15) is 5.78 Å². The van der Waals surface area contributed by atoms with Crippen LogP contribution < -0.4 is 11.1 Å². The minimum Gasteiger partial charge on any atom is -0.354 e. The fourth-order valence-electron chi connectivity index (χ4n) is 1.42. The van der Waals surface area contributed by atoms with E-state index in [1.807, 2.05) is 27.7 Å². The molecule has 0 fully saturated rings. The number of ketones is 1. The molecule has 0 saturated carbocycles. The molecule has 0 aliphatic rings. The zero-order valence-corrected chi connectivity index (χ0v) is 10.7. The number of rotatable bonds is 7. The molecule has 3 N–H and O–H groups in total. The summed E-state index contributed by atoms with van der Waals surface area (Å²) in [5.41, 5.74) is 5.28. The van der Waals surface area contributed by atoms with Crippen LogP contribution in [0.5, 0.6) is 0 Å². The van der Waals surface area contributed by atoms with E-state index >= 15 is 0 Å². The Morgan fingerprint density at radius 1 is 1.06 bits per heavy atom. The fourth-order valence-corrected chi connectivity index (χ4v) is 1.42. The number of nitrogens with two attached hydrogens (primary N) is 1. The molecule has 4 nitrogen and oxygen atoms in total. The van der Waals surface area contributed by atoms with Crippen LogP contribution in [-0.4, -0.2) is 24.3 Å². The van der Waals surface area contributed by atoms with Crippen molar-refractivity contribution in [2.24, 2.45) is 17.6 Å². The molecule has 94 valence electrons. The van der Waals surface area contributed by atoms with E-state index in [2.05, 4.69) is 5.32 Å². The number of nitrogens with one attached hydrogen (secondary N) is 1. The quantitative estimate of drug-likeness (QED) is 0.685. The summed E-state index contributed by atoms with van der Waals surface area (Å²) in [7, 11) is 0. The first-order chi connectivity index (χ1) is 7.38. The molecule has 0 radical (unpaired) electrons. The molecule has 0 aromatic rings. The molecule has 0 aliphatic heterocycles. The highest BCUT2D eigenvalue weighted by Crippen LogP contribution is 2.13. The van der Waals surface area contributed by atoms with Gasteiger partial charge in [-0.1, -0.05) is 13.8 Å². The Labute approximate surface area is 98.0 Å². The Bertz CT molecular complexity index is 239. The summed E-state index contributed by atoms with van der Waals surface area (Å²) in [6.07, 6.45) is 1.45. The maximum absolute atomic E-state index is 11.6. The van der Waals surface area contributed by atoms with Crippen molar-refractivity contribution in [1.82, 2.24) is 5.32 Å². The van der Waals surface area contributed by atoms with Crippen molar-refractivity contribution in [3.8, 4) is 0 Å². The lowest BCUT2D eigenvalue weighted by molar-refractivity contribution is -0.126. The van der Waals surface area contributed by atoms with Crippen LogP contribution in [0.2, 0.25) is 0 Å². The van der Waals surface area contributed by atoms with Gasteiger partial charge in [0.2, 0.25) is 5.91 Å².